The minimum absolute atomic E-state index is 0.00974. The molecule has 0 aliphatic carbocycles. The van der Waals surface area contributed by atoms with Crippen LogP contribution in [-0.2, 0) is 19.1 Å². The summed E-state index contributed by atoms with van der Waals surface area (Å²) >= 11 is 1.46. The normalized spacial score (nSPS) is 18.9. The molecular formula is C30H32N4O4S. The first-order valence-electron chi connectivity index (χ1n) is 13.2. The Hall–Kier alpha value is -3.85. The predicted octanol–water partition coefficient (Wildman–Crippen LogP) is 4.35. The number of hydrogen-bond acceptors (Lipinski definition) is 7. The van der Waals surface area contributed by atoms with Crippen LogP contribution in [0, 0.1) is 6.92 Å². The van der Waals surface area contributed by atoms with Crippen molar-refractivity contribution in [1.82, 2.24) is 14.7 Å². The molecule has 2 amide bonds. The van der Waals surface area contributed by atoms with Gasteiger partial charge in [0.1, 0.15) is 0 Å². The van der Waals surface area contributed by atoms with Crippen LogP contribution in [0.25, 0.3) is 5.70 Å². The quantitative estimate of drug-likeness (QED) is 0.503. The number of amidine groups is 1. The van der Waals surface area contributed by atoms with Gasteiger partial charge in [-0.15, -0.1) is 0 Å². The largest absolute Gasteiger partial charge is 0.463 e. The van der Waals surface area contributed by atoms with E-state index in [9.17, 15) is 14.4 Å². The number of carbonyl (C=O) groups is 3. The fraction of sp³-hybridized carbons (Fsp3) is 0.333. The number of piperazine rings is 1. The second-order valence-electron chi connectivity index (χ2n) is 9.72. The van der Waals surface area contributed by atoms with Gasteiger partial charge in [-0.1, -0.05) is 71.9 Å². The Morgan fingerprint density at radius 1 is 0.974 bits per heavy atom. The van der Waals surface area contributed by atoms with Gasteiger partial charge in [-0.3, -0.25) is 9.59 Å². The molecule has 2 aromatic carbocycles. The highest BCUT2D eigenvalue weighted by Crippen LogP contribution is 2.47. The molecule has 202 valence electrons. The summed E-state index contributed by atoms with van der Waals surface area (Å²) in [5, 5.41) is 2.68. The van der Waals surface area contributed by atoms with E-state index in [1.165, 1.54) is 11.8 Å². The number of ether oxygens (including phenoxy) is 1. The molecule has 0 spiro atoms. The number of benzene rings is 2. The summed E-state index contributed by atoms with van der Waals surface area (Å²) in [5.74, 6) is -0.406. The summed E-state index contributed by atoms with van der Waals surface area (Å²) in [6.45, 7) is 7.70. The maximum absolute atomic E-state index is 13.6. The molecule has 0 radical (unpaired) electrons. The van der Waals surface area contributed by atoms with Gasteiger partial charge in [-0.05, 0) is 24.8 Å². The summed E-state index contributed by atoms with van der Waals surface area (Å²) in [6, 6.07) is 17.3. The Bertz CT molecular complexity index is 1360. The topological polar surface area (TPSA) is 82.5 Å². The van der Waals surface area contributed by atoms with E-state index in [2.05, 4.69) is 0 Å². The van der Waals surface area contributed by atoms with Gasteiger partial charge in [0.05, 0.1) is 30.3 Å². The number of esters is 1. The third kappa shape index (κ3) is 5.49. The van der Waals surface area contributed by atoms with Crippen molar-refractivity contribution >= 4 is 40.4 Å². The Kier molecular flexibility index (Phi) is 7.88. The van der Waals surface area contributed by atoms with Crippen molar-refractivity contribution in [2.45, 2.75) is 33.2 Å². The van der Waals surface area contributed by atoms with Crippen molar-refractivity contribution in [2.75, 3.05) is 32.8 Å². The molecule has 9 heteroatoms. The molecule has 0 bridgehead atoms. The molecule has 1 atom stereocenters. The van der Waals surface area contributed by atoms with E-state index in [4.69, 9.17) is 9.73 Å². The zero-order chi connectivity index (χ0) is 27.5. The SMILES string of the molecule is CCOC(=O)C1=C(c2ccccc2)N=C2SC=C(CC(=O)N3CCN(C(C)=O)CC3)N2[C@@H]1c1ccc(C)cc1. The average Bonchev–Trinajstić information content (AvgIpc) is 3.35. The number of amides is 2. The highest BCUT2D eigenvalue weighted by molar-refractivity contribution is 8.16. The molecule has 0 unspecified atom stereocenters. The van der Waals surface area contributed by atoms with Crippen molar-refractivity contribution in [3.8, 4) is 0 Å². The van der Waals surface area contributed by atoms with Gasteiger partial charge in [-0.25, -0.2) is 9.79 Å². The van der Waals surface area contributed by atoms with Gasteiger partial charge in [0.2, 0.25) is 11.8 Å². The van der Waals surface area contributed by atoms with E-state index in [0.29, 0.717) is 37.4 Å². The molecule has 2 aromatic rings. The van der Waals surface area contributed by atoms with Crippen molar-refractivity contribution < 1.29 is 19.1 Å². The lowest BCUT2D eigenvalue weighted by molar-refractivity contribution is -0.139. The van der Waals surface area contributed by atoms with Crippen molar-refractivity contribution in [3.63, 3.8) is 0 Å². The van der Waals surface area contributed by atoms with E-state index >= 15 is 0 Å². The van der Waals surface area contributed by atoms with Crippen molar-refractivity contribution in [1.29, 1.82) is 0 Å². The first-order valence-corrected chi connectivity index (χ1v) is 14.1. The minimum atomic E-state index is -0.504. The number of aliphatic imine (C=N–C) groups is 1. The van der Waals surface area contributed by atoms with Gasteiger partial charge >= 0.3 is 5.97 Å². The summed E-state index contributed by atoms with van der Waals surface area (Å²) < 4.78 is 5.57. The maximum Gasteiger partial charge on any atom is 0.338 e. The molecule has 0 aromatic heterocycles. The first kappa shape index (κ1) is 26.7. The standard InChI is InChI=1S/C30H32N4O4S/c1-4-38-29(37)26-27(22-8-6-5-7-9-22)31-30-34(28(26)23-12-10-20(2)11-13-23)24(19-39-30)18-25(36)33-16-14-32(15-17-33)21(3)35/h5-13,19,28H,4,14-18H2,1-3H3/t28-/m1/s1. The molecular weight excluding hydrogens is 512 g/mol. The summed E-state index contributed by atoms with van der Waals surface area (Å²) in [5.41, 5.74) is 4.68. The molecule has 1 fully saturated rings. The smallest absolute Gasteiger partial charge is 0.338 e. The monoisotopic (exact) mass is 544 g/mol. The molecule has 3 aliphatic rings. The zero-order valence-electron chi connectivity index (χ0n) is 22.4. The number of aryl methyl sites for hydroxylation is 1. The lowest BCUT2D eigenvalue weighted by Gasteiger charge is -2.38. The van der Waals surface area contributed by atoms with Crippen LogP contribution in [0.3, 0.4) is 0 Å². The van der Waals surface area contributed by atoms with Gasteiger partial charge in [0.15, 0.2) is 5.17 Å². The lowest BCUT2D eigenvalue weighted by atomic mass is 9.91. The number of carbonyl (C=O) groups excluding carboxylic acids is 3. The molecule has 3 heterocycles. The third-order valence-electron chi connectivity index (χ3n) is 7.16. The number of nitrogens with zero attached hydrogens (tertiary/aromatic N) is 4. The van der Waals surface area contributed by atoms with Crippen LogP contribution in [0.1, 0.15) is 43.0 Å². The van der Waals surface area contributed by atoms with Crippen LogP contribution in [-0.4, -0.2) is 70.4 Å². The molecule has 5 rings (SSSR count). The molecule has 1 saturated heterocycles. The van der Waals surface area contributed by atoms with E-state index in [-0.39, 0.29) is 24.8 Å². The molecule has 0 saturated carbocycles. The zero-order valence-corrected chi connectivity index (χ0v) is 23.2. The minimum Gasteiger partial charge on any atom is -0.463 e. The van der Waals surface area contributed by atoms with Crippen molar-refractivity contribution in [3.05, 3.63) is 88.0 Å². The summed E-state index contributed by atoms with van der Waals surface area (Å²) in [6.07, 6.45) is 0.172. The number of rotatable bonds is 6. The Labute approximate surface area is 233 Å². The highest BCUT2D eigenvalue weighted by atomic mass is 32.2. The number of hydrogen-bond donors (Lipinski definition) is 0. The fourth-order valence-corrected chi connectivity index (χ4v) is 6.01. The lowest BCUT2D eigenvalue weighted by Crippen LogP contribution is -2.50. The van der Waals surface area contributed by atoms with E-state index < -0.39 is 12.0 Å². The maximum atomic E-state index is 13.6. The third-order valence-corrected chi connectivity index (χ3v) is 8.04. The Morgan fingerprint density at radius 3 is 2.28 bits per heavy atom. The average molecular weight is 545 g/mol. The van der Waals surface area contributed by atoms with Crippen LogP contribution in [0.5, 0.6) is 0 Å². The number of fused-ring (bicyclic) bond motifs is 1. The van der Waals surface area contributed by atoms with Crippen molar-refractivity contribution in [2.24, 2.45) is 4.99 Å². The van der Waals surface area contributed by atoms with Gasteiger partial charge in [0.25, 0.3) is 0 Å². The van der Waals surface area contributed by atoms with Crippen LogP contribution in [0.2, 0.25) is 0 Å². The Morgan fingerprint density at radius 2 is 1.64 bits per heavy atom. The summed E-state index contributed by atoms with van der Waals surface area (Å²) in [7, 11) is 0. The second-order valence-corrected chi connectivity index (χ2v) is 10.6. The predicted molar refractivity (Wildman–Crippen MR) is 152 cm³/mol. The van der Waals surface area contributed by atoms with Crippen LogP contribution in [0.4, 0.5) is 0 Å². The van der Waals surface area contributed by atoms with E-state index in [1.54, 1.807) is 18.7 Å². The second kappa shape index (κ2) is 11.5. The summed E-state index contributed by atoms with van der Waals surface area (Å²) in [4.78, 5) is 49.2. The van der Waals surface area contributed by atoms with Gasteiger partial charge in [0, 0.05) is 44.4 Å². The Balaban J connectivity index is 1.52. The van der Waals surface area contributed by atoms with E-state index in [0.717, 1.165) is 27.6 Å². The molecule has 39 heavy (non-hydrogen) atoms. The fourth-order valence-electron chi connectivity index (χ4n) is 5.09. The van der Waals surface area contributed by atoms with Gasteiger partial charge in [-0.2, -0.15) is 0 Å². The molecule has 0 N–H and O–H groups in total. The first-order chi connectivity index (χ1) is 18.9. The number of thioether (sulfide) groups is 1. The van der Waals surface area contributed by atoms with E-state index in [1.807, 2.05) is 76.7 Å². The molecule has 8 nitrogen and oxygen atoms in total. The van der Waals surface area contributed by atoms with Gasteiger partial charge < -0.3 is 19.4 Å². The highest BCUT2D eigenvalue weighted by Gasteiger charge is 2.42. The van der Waals surface area contributed by atoms with Crippen LogP contribution < -0.4 is 0 Å². The van der Waals surface area contributed by atoms with Crippen LogP contribution in [0.15, 0.2) is 76.3 Å². The molecule has 3 aliphatic heterocycles. The van der Waals surface area contributed by atoms with Crippen LogP contribution >= 0.6 is 11.8 Å².